The summed E-state index contributed by atoms with van der Waals surface area (Å²) in [6.45, 7) is 11.3. The standard InChI is InChI=1S/C29H46N4O9/c1-16(2)24(33-26(38)21(31-18(4)34)14-19-10-12-20(35)13-11-19)27(39)30-17(3)25(37)32-22(28(40-8)41-9)15-23(36)42-29(5,6)7/h10-13,16-17,21-22,24,28,35H,14-15H2,1-9H3,(H,30,39)(H,31,34)(H,32,37)(H,33,38)/t17-,21-,22-,24-/m0/s1. The zero-order valence-electron chi connectivity index (χ0n) is 25.9. The molecule has 0 bridgehead atoms. The molecule has 0 unspecified atom stereocenters. The summed E-state index contributed by atoms with van der Waals surface area (Å²) in [7, 11) is 2.72. The van der Waals surface area contributed by atoms with Crippen LogP contribution in [0.4, 0.5) is 0 Å². The van der Waals surface area contributed by atoms with Crippen molar-refractivity contribution in [3.05, 3.63) is 29.8 Å². The Bertz CT molecular complexity index is 1070. The topological polar surface area (TPSA) is 181 Å². The van der Waals surface area contributed by atoms with Crippen molar-refractivity contribution in [1.82, 2.24) is 21.3 Å². The van der Waals surface area contributed by atoms with Gasteiger partial charge in [0.05, 0.1) is 12.5 Å². The zero-order chi connectivity index (χ0) is 32.2. The van der Waals surface area contributed by atoms with Gasteiger partial charge in [-0.25, -0.2) is 0 Å². The Morgan fingerprint density at radius 1 is 0.833 bits per heavy atom. The van der Waals surface area contributed by atoms with Crippen molar-refractivity contribution < 1.29 is 43.3 Å². The van der Waals surface area contributed by atoms with Crippen molar-refractivity contribution in [2.45, 2.75) is 97.4 Å². The van der Waals surface area contributed by atoms with Crippen molar-refractivity contribution in [2.75, 3.05) is 14.2 Å². The summed E-state index contributed by atoms with van der Waals surface area (Å²) in [5.74, 6) is -3.15. The van der Waals surface area contributed by atoms with Gasteiger partial charge in [0.2, 0.25) is 23.6 Å². The number of aromatic hydroxyl groups is 1. The quantitative estimate of drug-likeness (QED) is 0.146. The van der Waals surface area contributed by atoms with E-state index in [1.807, 2.05) is 0 Å². The molecule has 0 heterocycles. The van der Waals surface area contributed by atoms with Gasteiger partial charge in [-0.15, -0.1) is 0 Å². The smallest absolute Gasteiger partial charge is 0.308 e. The third kappa shape index (κ3) is 12.9. The monoisotopic (exact) mass is 594 g/mol. The van der Waals surface area contributed by atoms with Crippen LogP contribution in [0.2, 0.25) is 0 Å². The Hall–Kier alpha value is -3.71. The van der Waals surface area contributed by atoms with Gasteiger partial charge in [0.1, 0.15) is 29.5 Å². The fourth-order valence-electron chi connectivity index (χ4n) is 3.99. The summed E-state index contributed by atoms with van der Waals surface area (Å²) < 4.78 is 15.8. The number of carbonyl (C=O) groups is 5. The SMILES string of the molecule is COC(OC)[C@H](CC(=O)OC(C)(C)C)NC(=O)[C@H](C)NC(=O)[C@@H](NC(=O)[C@H](Cc1ccc(O)cc1)NC(C)=O)C(C)C. The van der Waals surface area contributed by atoms with Gasteiger partial charge in [-0.3, -0.25) is 24.0 Å². The highest BCUT2D eigenvalue weighted by molar-refractivity contribution is 5.94. The molecule has 0 fully saturated rings. The van der Waals surface area contributed by atoms with E-state index < -0.39 is 65.7 Å². The molecular formula is C29H46N4O9. The van der Waals surface area contributed by atoms with E-state index in [0.717, 1.165) is 0 Å². The van der Waals surface area contributed by atoms with E-state index in [9.17, 15) is 29.1 Å². The lowest BCUT2D eigenvalue weighted by molar-refractivity contribution is -0.163. The molecule has 0 aliphatic heterocycles. The van der Waals surface area contributed by atoms with Crippen molar-refractivity contribution in [3.63, 3.8) is 0 Å². The van der Waals surface area contributed by atoms with Crippen molar-refractivity contribution >= 4 is 29.6 Å². The molecule has 1 aromatic rings. The maximum atomic E-state index is 13.2. The van der Waals surface area contributed by atoms with Gasteiger partial charge in [0.15, 0.2) is 6.29 Å². The molecule has 5 N–H and O–H groups in total. The fraction of sp³-hybridized carbons (Fsp3) is 0.621. The number of ether oxygens (including phenoxy) is 3. The molecule has 0 spiro atoms. The maximum Gasteiger partial charge on any atom is 0.308 e. The van der Waals surface area contributed by atoms with Gasteiger partial charge < -0.3 is 40.6 Å². The first-order valence-electron chi connectivity index (χ1n) is 13.7. The third-order valence-corrected chi connectivity index (χ3v) is 6.00. The van der Waals surface area contributed by atoms with Gasteiger partial charge in [0.25, 0.3) is 0 Å². The molecule has 0 aliphatic carbocycles. The molecule has 0 aromatic heterocycles. The van der Waals surface area contributed by atoms with Gasteiger partial charge in [-0.05, 0) is 51.3 Å². The summed E-state index contributed by atoms with van der Waals surface area (Å²) >= 11 is 0. The van der Waals surface area contributed by atoms with Crippen LogP contribution in [0.1, 0.15) is 60.5 Å². The molecule has 1 rings (SSSR count). The number of hydrogen-bond donors (Lipinski definition) is 5. The van der Waals surface area contributed by atoms with E-state index in [1.54, 1.807) is 46.8 Å². The molecular weight excluding hydrogens is 548 g/mol. The number of nitrogens with one attached hydrogen (secondary N) is 4. The van der Waals surface area contributed by atoms with E-state index in [4.69, 9.17) is 14.2 Å². The summed E-state index contributed by atoms with van der Waals surface area (Å²) in [6.07, 6.45) is -1.09. The molecule has 13 heteroatoms. The molecule has 1 aromatic carbocycles. The minimum absolute atomic E-state index is 0.0603. The molecule has 4 atom stereocenters. The van der Waals surface area contributed by atoms with Crippen LogP contribution in [0.3, 0.4) is 0 Å². The minimum Gasteiger partial charge on any atom is -0.508 e. The highest BCUT2D eigenvalue weighted by Crippen LogP contribution is 2.14. The maximum absolute atomic E-state index is 13.2. The predicted molar refractivity (Wildman–Crippen MR) is 154 cm³/mol. The Labute approximate surface area is 247 Å². The van der Waals surface area contributed by atoms with Gasteiger partial charge in [-0.1, -0.05) is 26.0 Å². The van der Waals surface area contributed by atoms with E-state index in [-0.39, 0.29) is 24.5 Å². The number of methoxy groups -OCH3 is 2. The molecule has 0 saturated carbocycles. The first-order valence-corrected chi connectivity index (χ1v) is 13.7. The van der Waals surface area contributed by atoms with E-state index in [1.165, 1.54) is 40.2 Å². The molecule has 0 saturated heterocycles. The largest absolute Gasteiger partial charge is 0.508 e. The van der Waals surface area contributed by atoms with Gasteiger partial charge >= 0.3 is 5.97 Å². The normalized spacial score (nSPS) is 14.4. The van der Waals surface area contributed by atoms with E-state index >= 15 is 0 Å². The van der Waals surface area contributed by atoms with Crippen LogP contribution in [0, 0.1) is 5.92 Å². The summed E-state index contributed by atoms with van der Waals surface area (Å²) in [6, 6.07) is 2.18. The van der Waals surface area contributed by atoms with Crippen LogP contribution in [0.15, 0.2) is 24.3 Å². The molecule has 13 nitrogen and oxygen atoms in total. The van der Waals surface area contributed by atoms with Crippen LogP contribution < -0.4 is 21.3 Å². The third-order valence-electron chi connectivity index (χ3n) is 6.00. The molecule has 4 amide bonds. The number of hydrogen-bond acceptors (Lipinski definition) is 9. The second-order valence-electron chi connectivity index (χ2n) is 11.3. The predicted octanol–water partition coefficient (Wildman–Crippen LogP) is 0.920. The van der Waals surface area contributed by atoms with E-state index in [2.05, 4.69) is 21.3 Å². The first kappa shape index (κ1) is 36.3. The molecule has 0 aliphatic rings. The number of carbonyl (C=O) groups excluding carboxylic acids is 5. The Morgan fingerprint density at radius 3 is 1.88 bits per heavy atom. The molecule has 42 heavy (non-hydrogen) atoms. The number of rotatable bonds is 15. The highest BCUT2D eigenvalue weighted by Gasteiger charge is 2.33. The second-order valence-corrected chi connectivity index (χ2v) is 11.3. The van der Waals surface area contributed by atoms with Crippen molar-refractivity contribution in [1.29, 1.82) is 0 Å². The average molecular weight is 595 g/mol. The number of amides is 4. The Balaban J connectivity index is 2.97. The lowest BCUT2D eigenvalue weighted by Crippen LogP contribution is -2.59. The Kier molecular flexibility index (Phi) is 14.4. The summed E-state index contributed by atoms with van der Waals surface area (Å²) in [4.78, 5) is 63.6. The number of phenolic OH excluding ortho intramolecular Hbond substituents is 1. The lowest BCUT2D eigenvalue weighted by atomic mass is 10.0. The molecule has 236 valence electrons. The van der Waals surface area contributed by atoms with Crippen molar-refractivity contribution in [3.8, 4) is 5.75 Å². The van der Waals surface area contributed by atoms with Crippen LogP contribution in [-0.2, 0) is 44.6 Å². The lowest BCUT2D eigenvalue weighted by Gasteiger charge is -2.29. The first-order chi connectivity index (χ1) is 19.5. The molecule has 0 radical (unpaired) electrons. The van der Waals surface area contributed by atoms with Crippen molar-refractivity contribution in [2.24, 2.45) is 5.92 Å². The Morgan fingerprint density at radius 2 is 1.40 bits per heavy atom. The van der Waals surface area contributed by atoms with E-state index in [0.29, 0.717) is 5.56 Å². The van der Waals surface area contributed by atoms with Crippen LogP contribution in [0.25, 0.3) is 0 Å². The summed E-state index contributed by atoms with van der Waals surface area (Å²) in [5.41, 5.74) is -0.0501. The minimum atomic E-state index is -1.06. The fourth-order valence-corrected chi connectivity index (χ4v) is 3.99. The number of benzene rings is 1. The van der Waals surface area contributed by atoms with Gasteiger partial charge in [0, 0.05) is 27.6 Å². The number of esters is 1. The zero-order valence-corrected chi connectivity index (χ0v) is 25.9. The van der Waals surface area contributed by atoms with Gasteiger partial charge in [-0.2, -0.15) is 0 Å². The number of phenols is 1. The highest BCUT2D eigenvalue weighted by atomic mass is 16.7. The van der Waals surface area contributed by atoms with Crippen LogP contribution >= 0.6 is 0 Å². The van der Waals surface area contributed by atoms with Crippen LogP contribution in [0.5, 0.6) is 5.75 Å². The average Bonchev–Trinajstić information content (AvgIpc) is 2.86. The van der Waals surface area contributed by atoms with Crippen LogP contribution in [-0.4, -0.2) is 85.0 Å². The summed E-state index contributed by atoms with van der Waals surface area (Å²) in [5, 5.41) is 20.0. The second kappa shape index (κ2) is 16.7.